The van der Waals surface area contributed by atoms with Crippen molar-refractivity contribution in [1.82, 2.24) is 0 Å². The molecule has 0 amide bonds. The molecule has 1 aromatic rings. The van der Waals surface area contributed by atoms with E-state index in [-0.39, 0.29) is 12.6 Å². The van der Waals surface area contributed by atoms with Gasteiger partial charge < -0.3 is 4.57 Å². The maximum Gasteiger partial charge on any atom is 0.222 e. The van der Waals surface area contributed by atoms with E-state index >= 15 is 0 Å². The molecule has 1 unspecified atom stereocenters. The van der Waals surface area contributed by atoms with Gasteiger partial charge in [-0.1, -0.05) is 30.3 Å². The SMILES string of the molecule is NP(=O)(CCC(=O)Cl)c1ccccc1. The fourth-order valence-electron chi connectivity index (χ4n) is 1.06. The minimum absolute atomic E-state index is 0.0459. The van der Waals surface area contributed by atoms with E-state index in [1.807, 2.05) is 6.07 Å². The molecule has 1 rings (SSSR count). The molecule has 0 saturated carbocycles. The van der Waals surface area contributed by atoms with Crippen molar-refractivity contribution in [1.29, 1.82) is 0 Å². The van der Waals surface area contributed by atoms with Gasteiger partial charge in [0, 0.05) is 17.9 Å². The molecule has 0 aliphatic carbocycles. The molecule has 0 spiro atoms. The Morgan fingerprint density at radius 1 is 1.36 bits per heavy atom. The molecule has 0 saturated heterocycles. The average Bonchev–Trinajstić information content (AvgIpc) is 2.16. The summed E-state index contributed by atoms with van der Waals surface area (Å²) in [5.41, 5.74) is 5.63. The average molecular weight is 232 g/mol. The van der Waals surface area contributed by atoms with Crippen LogP contribution in [0.25, 0.3) is 0 Å². The summed E-state index contributed by atoms with van der Waals surface area (Å²) in [5.74, 6) is 0. The Morgan fingerprint density at radius 2 is 1.93 bits per heavy atom. The third-order valence-corrected chi connectivity index (χ3v) is 4.08. The second-order valence-electron chi connectivity index (χ2n) is 2.96. The Labute approximate surface area is 87.7 Å². The Balaban J connectivity index is 2.76. The molecule has 0 aromatic heterocycles. The molecule has 2 N–H and O–H groups in total. The van der Waals surface area contributed by atoms with Crippen LogP contribution < -0.4 is 10.8 Å². The van der Waals surface area contributed by atoms with Crippen LogP contribution in [-0.2, 0) is 9.36 Å². The molecule has 0 heterocycles. The smallest absolute Gasteiger partial charge is 0.222 e. The summed E-state index contributed by atoms with van der Waals surface area (Å²) in [6.07, 6.45) is 0.170. The Kier molecular flexibility index (Phi) is 3.87. The molecule has 0 fully saturated rings. The maximum atomic E-state index is 11.9. The van der Waals surface area contributed by atoms with Crippen LogP contribution in [-0.4, -0.2) is 11.4 Å². The highest BCUT2D eigenvalue weighted by molar-refractivity contribution is 7.69. The lowest BCUT2D eigenvalue weighted by molar-refractivity contribution is -0.111. The minimum Gasteiger partial charge on any atom is -0.302 e. The molecule has 0 bridgehead atoms. The lowest BCUT2D eigenvalue weighted by Crippen LogP contribution is -2.15. The molecule has 5 heteroatoms. The van der Waals surface area contributed by atoms with Crippen LogP contribution in [0.4, 0.5) is 0 Å². The van der Waals surface area contributed by atoms with Crippen molar-refractivity contribution in [3.8, 4) is 0 Å². The van der Waals surface area contributed by atoms with Crippen LogP contribution >= 0.6 is 18.9 Å². The summed E-state index contributed by atoms with van der Waals surface area (Å²) in [7, 11) is -2.90. The predicted molar refractivity (Wildman–Crippen MR) is 58.2 cm³/mol. The van der Waals surface area contributed by atoms with Crippen molar-refractivity contribution < 1.29 is 9.36 Å². The first-order valence-electron chi connectivity index (χ1n) is 4.14. The van der Waals surface area contributed by atoms with Crippen LogP contribution in [0.1, 0.15) is 6.42 Å². The van der Waals surface area contributed by atoms with Gasteiger partial charge in [-0.3, -0.25) is 10.3 Å². The zero-order chi connectivity index (χ0) is 10.6. The standard InChI is InChI=1S/C9H11ClNO2P/c10-9(12)6-7-14(11,13)8-4-2-1-3-5-8/h1-5H,6-7H2,(H2,11,13). The van der Waals surface area contributed by atoms with E-state index in [0.29, 0.717) is 5.30 Å². The molecule has 0 radical (unpaired) electrons. The second kappa shape index (κ2) is 4.74. The number of hydrogen-bond donors (Lipinski definition) is 1. The zero-order valence-corrected chi connectivity index (χ0v) is 9.17. The summed E-state index contributed by atoms with van der Waals surface area (Å²) in [5, 5.41) is 0.0736. The quantitative estimate of drug-likeness (QED) is 0.634. The van der Waals surface area contributed by atoms with E-state index in [9.17, 15) is 9.36 Å². The van der Waals surface area contributed by atoms with E-state index in [1.165, 1.54) is 0 Å². The molecule has 1 aromatic carbocycles. The van der Waals surface area contributed by atoms with E-state index in [0.717, 1.165) is 0 Å². The van der Waals surface area contributed by atoms with E-state index in [4.69, 9.17) is 17.1 Å². The largest absolute Gasteiger partial charge is 0.302 e. The number of rotatable bonds is 4. The Bertz CT molecular complexity index is 366. The zero-order valence-electron chi connectivity index (χ0n) is 7.52. The lowest BCUT2D eigenvalue weighted by Gasteiger charge is -2.11. The normalized spacial score (nSPS) is 14.7. The third kappa shape index (κ3) is 3.26. The predicted octanol–water partition coefficient (Wildman–Crippen LogP) is 1.70. The molecule has 76 valence electrons. The number of carbonyl (C=O) groups excluding carboxylic acids is 1. The monoisotopic (exact) mass is 231 g/mol. The highest BCUT2D eigenvalue weighted by atomic mass is 35.5. The third-order valence-electron chi connectivity index (χ3n) is 1.83. The van der Waals surface area contributed by atoms with Crippen molar-refractivity contribution in [3.05, 3.63) is 30.3 Å². The van der Waals surface area contributed by atoms with Gasteiger partial charge in [-0.25, -0.2) is 0 Å². The van der Waals surface area contributed by atoms with Crippen LogP contribution in [0.15, 0.2) is 30.3 Å². The van der Waals surface area contributed by atoms with E-state index in [2.05, 4.69) is 0 Å². The second-order valence-corrected chi connectivity index (χ2v) is 5.94. The van der Waals surface area contributed by atoms with Crippen LogP contribution in [0.2, 0.25) is 0 Å². The molecule has 1 atom stereocenters. The van der Waals surface area contributed by atoms with Gasteiger partial charge in [-0.15, -0.1) is 0 Å². The number of halogens is 1. The topological polar surface area (TPSA) is 60.2 Å². The van der Waals surface area contributed by atoms with Crippen LogP contribution in [0.3, 0.4) is 0 Å². The van der Waals surface area contributed by atoms with Crippen molar-refractivity contribution >= 4 is 29.4 Å². The van der Waals surface area contributed by atoms with Gasteiger partial charge in [0.1, 0.15) is 0 Å². The van der Waals surface area contributed by atoms with Crippen molar-refractivity contribution in [3.63, 3.8) is 0 Å². The summed E-state index contributed by atoms with van der Waals surface area (Å²) >= 11 is 5.16. The van der Waals surface area contributed by atoms with Gasteiger partial charge in [0.25, 0.3) is 0 Å². The van der Waals surface area contributed by atoms with Gasteiger partial charge in [0.2, 0.25) is 5.24 Å². The summed E-state index contributed by atoms with van der Waals surface area (Å²) in [6, 6.07) is 8.73. The first kappa shape index (κ1) is 11.4. The Hall–Kier alpha value is -0.630. The highest BCUT2D eigenvalue weighted by Gasteiger charge is 2.19. The van der Waals surface area contributed by atoms with E-state index < -0.39 is 12.5 Å². The van der Waals surface area contributed by atoms with Gasteiger partial charge in [0.15, 0.2) is 7.29 Å². The molecular weight excluding hydrogens is 221 g/mol. The van der Waals surface area contributed by atoms with Crippen molar-refractivity contribution in [2.75, 3.05) is 6.16 Å². The lowest BCUT2D eigenvalue weighted by atomic mass is 10.4. The van der Waals surface area contributed by atoms with Gasteiger partial charge in [-0.05, 0) is 11.6 Å². The first-order valence-corrected chi connectivity index (χ1v) is 6.48. The minimum atomic E-state index is -2.90. The van der Waals surface area contributed by atoms with Crippen molar-refractivity contribution in [2.45, 2.75) is 6.42 Å². The van der Waals surface area contributed by atoms with Gasteiger partial charge >= 0.3 is 0 Å². The van der Waals surface area contributed by atoms with E-state index in [1.54, 1.807) is 24.3 Å². The molecule has 14 heavy (non-hydrogen) atoms. The summed E-state index contributed by atoms with van der Waals surface area (Å²) in [4.78, 5) is 10.5. The van der Waals surface area contributed by atoms with Gasteiger partial charge in [-0.2, -0.15) is 0 Å². The fourth-order valence-corrected chi connectivity index (χ4v) is 2.76. The fraction of sp³-hybridized carbons (Fsp3) is 0.222. The first-order chi connectivity index (χ1) is 6.52. The number of nitrogens with two attached hydrogens (primary N) is 1. The molecule has 0 aliphatic heterocycles. The Morgan fingerprint density at radius 3 is 2.43 bits per heavy atom. The van der Waals surface area contributed by atoms with Crippen LogP contribution in [0.5, 0.6) is 0 Å². The number of carbonyl (C=O) groups is 1. The number of benzene rings is 1. The van der Waals surface area contributed by atoms with Crippen molar-refractivity contribution in [2.24, 2.45) is 5.50 Å². The summed E-state index contributed by atoms with van der Waals surface area (Å²) < 4.78 is 11.9. The molecule has 0 aliphatic rings. The number of hydrogen-bond acceptors (Lipinski definition) is 2. The summed E-state index contributed by atoms with van der Waals surface area (Å²) in [6.45, 7) is 0. The van der Waals surface area contributed by atoms with Crippen LogP contribution in [0, 0.1) is 0 Å². The molecular formula is C9H11ClNO2P. The van der Waals surface area contributed by atoms with Gasteiger partial charge in [0.05, 0.1) is 0 Å². The molecule has 3 nitrogen and oxygen atoms in total. The highest BCUT2D eigenvalue weighted by Crippen LogP contribution is 2.35. The maximum absolute atomic E-state index is 11.9.